The summed E-state index contributed by atoms with van der Waals surface area (Å²) in [4.78, 5) is 29.3. The lowest BCUT2D eigenvalue weighted by Crippen LogP contribution is -2.35. The first kappa shape index (κ1) is 17.5. The van der Waals surface area contributed by atoms with Crippen LogP contribution < -0.4 is 16.1 Å². The van der Waals surface area contributed by atoms with Crippen LogP contribution in [0.2, 0.25) is 0 Å². The van der Waals surface area contributed by atoms with E-state index < -0.39 is 5.91 Å². The lowest BCUT2D eigenvalue weighted by Gasteiger charge is -2.13. The lowest BCUT2D eigenvalue weighted by molar-refractivity contribution is 0.0234. The number of amides is 3. The standard InChI is InChI=1S/C18H21N3O3/c1-13(2)19-18(23)20-16-11-7-6-10-15(16)17(22)21-24-12-14-8-4-3-5-9-14/h3-11,13H,12H2,1-2H3,(H,21,22)(H2,19,20,23). The quantitative estimate of drug-likeness (QED) is 0.713. The second kappa shape index (κ2) is 8.69. The fourth-order valence-electron chi connectivity index (χ4n) is 2.02. The van der Waals surface area contributed by atoms with Gasteiger partial charge < -0.3 is 10.6 Å². The van der Waals surface area contributed by atoms with E-state index in [0.717, 1.165) is 5.56 Å². The van der Waals surface area contributed by atoms with Crippen LogP contribution in [-0.2, 0) is 11.4 Å². The van der Waals surface area contributed by atoms with Crippen LogP contribution in [0.25, 0.3) is 0 Å². The molecule has 3 amide bonds. The SMILES string of the molecule is CC(C)NC(=O)Nc1ccccc1C(=O)NOCc1ccccc1. The smallest absolute Gasteiger partial charge is 0.319 e. The Bertz CT molecular complexity index is 687. The summed E-state index contributed by atoms with van der Waals surface area (Å²) in [6, 6.07) is 15.9. The molecule has 3 N–H and O–H groups in total. The van der Waals surface area contributed by atoms with Gasteiger partial charge in [-0.15, -0.1) is 0 Å². The Morgan fingerprint density at radius 1 is 1.00 bits per heavy atom. The highest BCUT2D eigenvalue weighted by atomic mass is 16.6. The first-order chi connectivity index (χ1) is 11.6. The molecule has 0 aromatic heterocycles. The normalized spacial score (nSPS) is 10.3. The molecule has 0 bridgehead atoms. The Balaban J connectivity index is 1.95. The minimum absolute atomic E-state index is 0.000180. The molecule has 126 valence electrons. The van der Waals surface area contributed by atoms with Crippen molar-refractivity contribution in [3.05, 3.63) is 65.7 Å². The van der Waals surface area contributed by atoms with E-state index in [1.54, 1.807) is 24.3 Å². The van der Waals surface area contributed by atoms with Gasteiger partial charge in [0.25, 0.3) is 5.91 Å². The molecule has 0 heterocycles. The van der Waals surface area contributed by atoms with Gasteiger partial charge >= 0.3 is 6.03 Å². The van der Waals surface area contributed by atoms with E-state index in [4.69, 9.17) is 4.84 Å². The van der Waals surface area contributed by atoms with Crippen LogP contribution in [0.4, 0.5) is 10.5 Å². The summed E-state index contributed by atoms with van der Waals surface area (Å²) < 4.78 is 0. The number of hydroxylamine groups is 1. The second-order valence-electron chi connectivity index (χ2n) is 5.50. The Morgan fingerprint density at radius 2 is 1.67 bits per heavy atom. The molecule has 0 unspecified atom stereocenters. The van der Waals surface area contributed by atoms with Gasteiger partial charge in [0, 0.05) is 6.04 Å². The van der Waals surface area contributed by atoms with Crippen LogP contribution in [0.3, 0.4) is 0 Å². The third-order valence-corrected chi connectivity index (χ3v) is 3.09. The zero-order valence-corrected chi connectivity index (χ0v) is 13.7. The van der Waals surface area contributed by atoms with Crippen LogP contribution in [-0.4, -0.2) is 18.0 Å². The largest absolute Gasteiger partial charge is 0.336 e. The molecule has 0 aliphatic carbocycles. The molecular weight excluding hydrogens is 306 g/mol. The molecule has 0 aliphatic heterocycles. The monoisotopic (exact) mass is 327 g/mol. The van der Waals surface area contributed by atoms with Crippen molar-refractivity contribution < 1.29 is 14.4 Å². The van der Waals surface area contributed by atoms with E-state index in [1.165, 1.54) is 0 Å². The summed E-state index contributed by atoms with van der Waals surface area (Å²) >= 11 is 0. The molecular formula is C18H21N3O3. The predicted molar refractivity (Wildman–Crippen MR) is 92.4 cm³/mol. The molecule has 6 heteroatoms. The van der Waals surface area contributed by atoms with Gasteiger partial charge in [-0.05, 0) is 31.5 Å². The van der Waals surface area contributed by atoms with Crippen molar-refractivity contribution in [2.75, 3.05) is 5.32 Å². The van der Waals surface area contributed by atoms with Gasteiger partial charge in [-0.3, -0.25) is 9.63 Å². The summed E-state index contributed by atoms with van der Waals surface area (Å²) in [5.41, 5.74) is 4.07. The topological polar surface area (TPSA) is 79.5 Å². The summed E-state index contributed by atoms with van der Waals surface area (Å²) in [5, 5.41) is 5.37. The minimum atomic E-state index is -0.425. The van der Waals surface area contributed by atoms with Gasteiger partial charge in [-0.2, -0.15) is 0 Å². The molecule has 0 saturated heterocycles. The van der Waals surface area contributed by atoms with Gasteiger partial charge in [0.1, 0.15) is 0 Å². The number of rotatable bonds is 6. The first-order valence-corrected chi connectivity index (χ1v) is 7.69. The van der Waals surface area contributed by atoms with Crippen molar-refractivity contribution in [2.45, 2.75) is 26.5 Å². The number of para-hydroxylation sites is 1. The van der Waals surface area contributed by atoms with Gasteiger partial charge in [-0.25, -0.2) is 10.3 Å². The van der Waals surface area contributed by atoms with Crippen LogP contribution in [0.5, 0.6) is 0 Å². The zero-order chi connectivity index (χ0) is 17.4. The zero-order valence-electron chi connectivity index (χ0n) is 13.7. The second-order valence-corrected chi connectivity index (χ2v) is 5.50. The van der Waals surface area contributed by atoms with Gasteiger partial charge in [0.05, 0.1) is 17.9 Å². The van der Waals surface area contributed by atoms with E-state index in [9.17, 15) is 9.59 Å². The number of hydrogen-bond donors (Lipinski definition) is 3. The summed E-state index contributed by atoms with van der Waals surface area (Å²) in [5.74, 6) is -0.425. The molecule has 0 atom stereocenters. The van der Waals surface area contributed by atoms with Gasteiger partial charge in [-0.1, -0.05) is 42.5 Å². The molecule has 0 radical (unpaired) electrons. The van der Waals surface area contributed by atoms with Crippen LogP contribution in [0, 0.1) is 0 Å². The minimum Gasteiger partial charge on any atom is -0.336 e. The Labute approximate surface area is 141 Å². The van der Waals surface area contributed by atoms with E-state index in [-0.39, 0.29) is 18.7 Å². The highest BCUT2D eigenvalue weighted by Gasteiger charge is 2.13. The molecule has 2 aromatic rings. The van der Waals surface area contributed by atoms with Crippen molar-refractivity contribution >= 4 is 17.6 Å². The number of urea groups is 1. The number of carbonyl (C=O) groups is 2. The molecule has 2 rings (SSSR count). The molecule has 0 fully saturated rings. The number of nitrogens with one attached hydrogen (secondary N) is 3. The summed E-state index contributed by atoms with van der Waals surface area (Å²) in [6.45, 7) is 3.97. The predicted octanol–water partition coefficient (Wildman–Crippen LogP) is 3.08. The van der Waals surface area contributed by atoms with Crippen LogP contribution in [0.1, 0.15) is 29.8 Å². The maximum absolute atomic E-state index is 12.3. The maximum Gasteiger partial charge on any atom is 0.319 e. The molecule has 24 heavy (non-hydrogen) atoms. The highest BCUT2D eigenvalue weighted by molar-refractivity contribution is 6.03. The molecule has 0 spiro atoms. The Hall–Kier alpha value is -2.86. The highest BCUT2D eigenvalue weighted by Crippen LogP contribution is 2.15. The van der Waals surface area contributed by atoms with Crippen LogP contribution in [0.15, 0.2) is 54.6 Å². The fraction of sp³-hybridized carbons (Fsp3) is 0.222. The average Bonchev–Trinajstić information content (AvgIpc) is 2.55. The lowest BCUT2D eigenvalue weighted by atomic mass is 10.1. The van der Waals surface area contributed by atoms with Crippen molar-refractivity contribution in [3.8, 4) is 0 Å². The van der Waals surface area contributed by atoms with Crippen molar-refractivity contribution in [1.82, 2.24) is 10.8 Å². The van der Waals surface area contributed by atoms with Gasteiger partial charge in [0.15, 0.2) is 0 Å². The summed E-state index contributed by atoms with van der Waals surface area (Å²) in [7, 11) is 0. The maximum atomic E-state index is 12.3. The molecule has 0 saturated carbocycles. The summed E-state index contributed by atoms with van der Waals surface area (Å²) in [6.07, 6.45) is 0. The molecule has 6 nitrogen and oxygen atoms in total. The van der Waals surface area contributed by atoms with Crippen LogP contribution >= 0.6 is 0 Å². The number of benzene rings is 2. The van der Waals surface area contributed by atoms with Crippen molar-refractivity contribution in [2.24, 2.45) is 0 Å². The molecule has 2 aromatic carbocycles. The third-order valence-electron chi connectivity index (χ3n) is 3.09. The van der Waals surface area contributed by atoms with E-state index in [1.807, 2.05) is 44.2 Å². The van der Waals surface area contributed by atoms with Gasteiger partial charge in [0.2, 0.25) is 0 Å². The first-order valence-electron chi connectivity index (χ1n) is 7.69. The number of hydrogen-bond acceptors (Lipinski definition) is 3. The fourth-order valence-corrected chi connectivity index (χ4v) is 2.02. The molecule has 0 aliphatic rings. The van der Waals surface area contributed by atoms with E-state index >= 15 is 0 Å². The Kier molecular flexibility index (Phi) is 6.33. The van der Waals surface area contributed by atoms with E-state index in [2.05, 4.69) is 16.1 Å². The van der Waals surface area contributed by atoms with Crippen molar-refractivity contribution in [3.63, 3.8) is 0 Å². The average molecular weight is 327 g/mol. The third kappa shape index (κ3) is 5.40. The van der Waals surface area contributed by atoms with Crippen molar-refractivity contribution in [1.29, 1.82) is 0 Å². The van der Waals surface area contributed by atoms with E-state index in [0.29, 0.717) is 11.3 Å². The Morgan fingerprint density at radius 3 is 2.38 bits per heavy atom. The number of anilines is 1. The number of carbonyl (C=O) groups excluding carboxylic acids is 2.